The van der Waals surface area contributed by atoms with Gasteiger partial charge in [-0.1, -0.05) is 5.16 Å². The molecule has 2 aromatic rings. The normalized spacial score (nSPS) is 10.2. The van der Waals surface area contributed by atoms with Gasteiger partial charge in [0.15, 0.2) is 5.76 Å². The first-order valence-corrected chi connectivity index (χ1v) is 4.89. The van der Waals surface area contributed by atoms with E-state index in [9.17, 15) is 0 Å². The van der Waals surface area contributed by atoms with Gasteiger partial charge in [-0.2, -0.15) is 5.26 Å². The summed E-state index contributed by atoms with van der Waals surface area (Å²) in [6.45, 7) is 3.02. The number of rotatable bonds is 4. The fourth-order valence-electron chi connectivity index (χ4n) is 1.34. The van der Waals surface area contributed by atoms with Crippen molar-refractivity contribution in [2.24, 2.45) is 0 Å². The lowest BCUT2D eigenvalue weighted by molar-refractivity contribution is 0.365. The predicted molar refractivity (Wildman–Crippen MR) is 55.2 cm³/mol. The molecule has 0 radical (unpaired) electrons. The molecule has 0 aromatic carbocycles. The Bertz CT molecular complexity index is 507. The van der Waals surface area contributed by atoms with Gasteiger partial charge < -0.3 is 14.3 Å². The van der Waals surface area contributed by atoms with E-state index in [1.54, 1.807) is 12.1 Å². The SMILES string of the molecule is Cc1cc(CNCc2ccc(C#N)o2)on1. The first-order chi connectivity index (χ1) is 7.78. The molecule has 0 aliphatic heterocycles. The standard InChI is InChI=1S/C11H11N3O2/c1-8-4-11(16-14-8)7-13-6-10-3-2-9(5-12)15-10/h2-4,13H,6-7H2,1H3. The molecule has 0 bridgehead atoms. The molecule has 2 aromatic heterocycles. The third kappa shape index (κ3) is 2.49. The summed E-state index contributed by atoms with van der Waals surface area (Å²) in [6, 6.07) is 7.23. The van der Waals surface area contributed by atoms with Crippen molar-refractivity contribution >= 4 is 0 Å². The van der Waals surface area contributed by atoms with Crippen LogP contribution in [0, 0.1) is 18.3 Å². The zero-order valence-electron chi connectivity index (χ0n) is 8.86. The van der Waals surface area contributed by atoms with Crippen LogP contribution in [0.5, 0.6) is 0 Å². The van der Waals surface area contributed by atoms with E-state index in [1.165, 1.54) is 0 Å². The van der Waals surface area contributed by atoms with Gasteiger partial charge in [0, 0.05) is 6.07 Å². The molecule has 0 aliphatic carbocycles. The lowest BCUT2D eigenvalue weighted by atomic mass is 10.3. The van der Waals surface area contributed by atoms with Crippen LogP contribution in [0.2, 0.25) is 0 Å². The van der Waals surface area contributed by atoms with E-state index in [4.69, 9.17) is 14.2 Å². The Kier molecular flexibility index (Phi) is 3.03. The molecule has 2 rings (SSSR count). The minimum absolute atomic E-state index is 0.326. The van der Waals surface area contributed by atoms with Crippen LogP contribution < -0.4 is 5.32 Å². The van der Waals surface area contributed by atoms with Gasteiger partial charge in [-0.15, -0.1) is 0 Å². The first kappa shape index (κ1) is 10.5. The number of furan rings is 1. The van der Waals surface area contributed by atoms with Crippen LogP contribution in [0.3, 0.4) is 0 Å². The molecule has 5 heteroatoms. The van der Waals surface area contributed by atoms with Crippen molar-refractivity contribution in [3.8, 4) is 6.07 Å². The Balaban J connectivity index is 1.82. The highest BCUT2D eigenvalue weighted by Crippen LogP contribution is 2.07. The molecule has 2 heterocycles. The molecule has 0 atom stereocenters. The highest BCUT2D eigenvalue weighted by Gasteiger charge is 2.02. The predicted octanol–water partition coefficient (Wildman–Crippen LogP) is 1.74. The zero-order chi connectivity index (χ0) is 11.4. The molecule has 0 unspecified atom stereocenters. The molecule has 0 saturated heterocycles. The average Bonchev–Trinajstić information content (AvgIpc) is 2.88. The number of nitrogens with zero attached hydrogens (tertiary/aromatic N) is 2. The molecule has 1 N–H and O–H groups in total. The van der Waals surface area contributed by atoms with Crippen LogP contribution in [0.4, 0.5) is 0 Å². The Labute approximate surface area is 92.7 Å². The highest BCUT2D eigenvalue weighted by atomic mass is 16.5. The van der Waals surface area contributed by atoms with Gasteiger partial charge in [0.2, 0.25) is 5.76 Å². The van der Waals surface area contributed by atoms with E-state index < -0.39 is 0 Å². The molecule has 0 fully saturated rings. The molecular weight excluding hydrogens is 206 g/mol. The number of aromatic nitrogens is 1. The summed E-state index contributed by atoms with van der Waals surface area (Å²) in [7, 11) is 0. The Morgan fingerprint density at radius 3 is 2.81 bits per heavy atom. The third-order valence-electron chi connectivity index (χ3n) is 2.05. The monoisotopic (exact) mass is 217 g/mol. The summed E-state index contributed by atoms with van der Waals surface area (Å²) in [4.78, 5) is 0. The van der Waals surface area contributed by atoms with Gasteiger partial charge in [-0.05, 0) is 19.1 Å². The second-order valence-corrected chi connectivity index (χ2v) is 3.42. The summed E-state index contributed by atoms with van der Waals surface area (Å²) in [5.41, 5.74) is 0.863. The van der Waals surface area contributed by atoms with E-state index in [-0.39, 0.29) is 0 Å². The summed E-state index contributed by atoms with van der Waals surface area (Å²) in [5, 5.41) is 15.5. The zero-order valence-corrected chi connectivity index (χ0v) is 8.86. The molecular formula is C11H11N3O2. The second kappa shape index (κ2) is 4.64. The topological polar surface area (TPSA) is 75.0 Å². The fourth-order valence-corrected chi connectivity index (χ4v) is 1.34. The van der Waals surface area contributed by atoms with E-state index >= 15 is 0 Å². The molecule has 16 heavy (non-hydrogen) atoms. The van der Waals surface area contributed by atoms with Crippen LogP contribution >= 0.6 is 0 Å². The third-order valence-corrected chi connectivity index (χ3v) is 2.05. The van der Waals surface area contributed by atoms with E-state index in [1.807, 2.05) is 19.1 Å². The Hall–Kier alpha value is -2.06. The number of hydrogen-bond acceptors (Lipinski definition) is 5. The van der Waals surface area contributed by atoms with Gasteiger partial charge in [-0.25, -0.2) is 0 Å². The van der Waals surface area contributed by atoms with E-state index in [0.717, 1.165) is 17.2 Å². The van der Waals surface area contributed by atoms with Crippen molar-refractivity contribution < 1.29 is 8.94 Å². The van der Waals surface area contributed by atoms with Gasteiger partial charge in [0.05, 0.1) is 18.8 Å². The molecule has 0 amide bonds. The quantitative estimate of drug-likeness (QED) is 0.844. The highest BCUT2D eigenvalue weighted by molar-refractivity contribution is 5.19. The van der Waals surface area contributed by atoms with Crippen molar-refractivity contribution in [1.82, 2.24) is 10.5 Å². The lowest BCUT2D eigenvalue weighted by Crippen LogP contribution is -2.11. The van der Waals surface area contributed by atoms with Crippen LogP contribution in [0.15, 0.2) is 27.1 Å². The number of nitriles is 1. The summed E-state index contributed by atoms with van der Waals surface area (Å²) in [5.74, 6) is 1.84. The minimum atomic E-state index is 0.326. The van der Waals surface area contributed by atoms with Crippen LogP contribution in [-0.4, -0.2) is 5.16 Å². The molecule has 0 saturated carbocycles. The Morgan fingerprint density at radius 2 is 2.19 bits per heavy atom. The maximum absolute atomic E-state index is 8.57. The average molecular weight is 217 g/mol. The summed E-state index contributed by atoms with van der Waals surface area (Å²) < 4.78 is 10.2. The number of hydrogen-bond donors (Lipinski definition) is 1. The number of nitrogens with one attached hydrogen (secondary N) is 1. The van der Waals surface area contributed by atoms with Gasteiger partial charge in [0.1, 0.15) is 11.8 Å². The largest absolute Gasteiger partial charge is 0.449 e. The van der Waals surface area contributed by atoms with Crippen LogP contribution in [0.25, 0.3) is 0 Å². The van der Waals surface area contributed by atoms with E-state index in [0.29, 0.717) is 18.8 Å². The maximum Gasteiger partial charge on any atom is 0.203 e. The van der Waals surface area contributed by atoms with Crippen molar-refractivity contribution in [2.75, 3.05) is 0 Å². The summed E-state index contributed by atoms with van der Waals surface area (Å²) in [6.07, 6.45) is 0. The van der Waals surface area contributed by atoms with Gasteiger partial charge >= 0.3 is 0 Å². The molecule has 0 spiro atoms. The van der Waals surface area contributed by atoms with Gasteiger partial charge in [-0.3, -0.25) is 0 Å². The van der Waals surface area contributed by atoms with Crippen molar-refractivity contribution in [2.45, 2.75) is 20.0 Å². The van der Waals surface area contributed by atoms with E-state index in [2.05, 4.69) is 10.5 Å². The molecule has 82 valence electrons. The lowest BCUT2D eigenvalue weighted by Gasteiger charge is -1.97. The van der Waals surface area contributed by atoms with Crippen LogP contribution in [0.1, 0.15) is 23.0 Å². The molecule has 5 nitrogen and oxygen atoms in total. The maximum atomic E-state index is 8.57. The fraction of sp³-hybridized carbons (Fsp3) is 0.273. The molecule has 0 aliphatic rings. The first-order valence-electron chi connectivity index (χ1n) is 4.89. The second-order valence-electron chi connectivity index (χ2n) is 3.42. The summed E-state index contributed by atoms with van der Waals surface area (Å²) >= 11 is 0. The smallest absolute Gasteiger partial charge is 0.203 e. The van der Waals surface area contributed by atoms with Gasteiger partial charge in [0.25, 0.3) is 0 Å². The van der Waals surface area contributed by atoms with Crippen molar-refractivity contribution in [3.63, 3.8) is 0 Å². The van der Waals surface area contributed by atoms with Crippen molar-refractivity contribution in [1.29, 1.82) is 5.26 Å². The Morgan fingerprint density at radius 1 is 1.38 bits per heavy atom. The number of aryl methyl sites for hydroxylation is 1. The van der Waals surface area contributed by atoms with Crippen molar-refractivity contribution in [3.05, 3.63) is 41.2 Å². The minimum Gasteiger partial charge on any atom is -0.449 e. The van der Waals surface area contributed by atoms with Crippen LogP contribution in [-0.2, 0) is 13.1 Å².